The summed E-state index contributed by atoms with van der Waals surface area (Å²) in [6, 6.07) is -0.957. The summed E-state index contributed by atoms with van der Waals surface area (Å²) in [7, 11) is 0. The van der Waals surface area contributed by atoms with Gasteiger partial charge < -0.3 is 25.8 Å². The largest absolute Gasteiger partial charge is 0.543 e. The van der Waals surface area contributed by atoms with Gasteiger partial charge in [0.25, 0.3) is 11.8 Å². The van der Waals surface area contributed by atoms with Crippen LogP contribution in [0.5, 0.6) is 0 Å². The summed E-state index contributed by atoms with van der Waals surface area (Å²) in [5.41, 5.74) is 7.84. The number of hydrogen-bond donors (Lipinski definition) is 2. The fourth-order valence-corrected chi connectivity index (χ4v) is 5.79. The summed E-state index contributed by atoms with van der Waals surface area (Å²) in [6.07, 6.45) is 6.95. The van der Waals surface area contributed by atoms with E-state index >= 15 is 0 Å². The van der Waals surface area contributed by atoms with Crippen molar-refractivity contribution in [3.8, 4) is 12.3 Å². The Morgan fingerprint density at radius 3 is 2.97 bits per heavy atom. The van der Waals surface area contributed by atoms with Crippen molar-refractivity contribution in [1.82, 2.24) is 15.2 Å². The number of aromatic nitrogens is 2. The van der Waals surface area contributed by atoms with Gasteiger partial charge in [-0.3, -0.25) is 14.5 Å². The van der Waals surface area contributed by atoms with Crippen molar-refractivity contribution in [1.29, 1.82) is 0 Å². The average Bonchev–Trinajstić information content (AvgIpc) is 3.46. The number of amides is 2. The SMILES string of the molecule is C#CCO/N=C(\C(=O)N[C@@H]1C(=O)N2C(C(=O)[O-])=C(C[n+]3ccsc3)CS[C@H]12)c1csc(N)n1. The van der Waals surface area contributed by atoms with Crippen molar-refractivity contribution < 1.29 is 28.9 Å². The standard InChI is InChI=1S/C19H16N6O5S3/c1-2-4-30-23-12(11-8-33-19(20)21-11)15(26)22-13-16(27)25-14(18(28)29)10(7-32-17(13)25)6-24-3-5-31-9-24/h1,3,5,8-9,13,17H,4,6-7H2,(H3-,20,21,22,26,28,29)/b23-12-/t13-,17-/m1/s1. The number of anilines is 1. The van der Waals surface area contributed by atoms with Crippen LogP contribution in [0.2, 0.25) is 0 Å². The van der Waals surface area contributed by atoms with Gasteiger partial charge in [0.15, 0.2) is 30.2 Å². The van der Waals surface area contributed by atoms with E-state index in [0.717, 1.165) is 16.2 Å². The van der Waals surface area contributed by atoms with Crippen LogP contribution in [0.15, 0.2) is 38.9 Å². The predicted molar refractivity (Wildman–Crippen MR) is 119 cm³/mol. The molecule has 4 heterocycles. The van der Waals surface area contributed by atoms with Gasteiger partial charge in [-0.1, -0.05) is 22.4 Å². The van der Waals surface area contributed by atoms with Gasteiger partial charge >= 0.3 is 0 Å². The second kappa shape index (κ2) is 9.61. The fraction of sp³-hybridized carbons (Fsp3) is 0.263. The van der Waals surface area contributed by atoms with E-state index in [9.17, 15) is 19.5 Å². The van der Waals surface area contributed by atoms with Crippen LogP contribution in [0, 0.1) is 12.3 Å². The number of thiazole rings is 2. The van der Waals surface area contributed by atoms with Crippen LogP contribution >= 0.6 is 34.4 Å². The number of nitrogens with zero attached hydrogens (tertiary/aromatic N) is 4. The molecule has 2 aliphatic heterocycles. The summed E-state index contributed by atoms with van der Waals surface area (Å²) in [5, 5.41) is 21.2. The van der Waals surface area contributed by atoms with Gasteiger partial charge in [-0.25, -0.2) is 4.98 Å². The minimum atomic E-state index is -1.44. The van der Waals surface area contributed by atoms with E-state index in [1.165, 1.54) is 28.5 Å². The van der Waals surface area contributed by atoms with E-state index in [1.54, 1.807) is 0 Å². The van der Waals surface area contributed by atoms with Crippen LogP contribution in [-0.4, -0.2) is 57.2 Å². The van der Waals surface area contributed by atoms with Gasteiger partial charge in [0.2, 0.25) is 5.51 Å². The molecule has 170 valence electrons. The highest BCUT2D eigenvalue weighted by Gasteiger charge is 2.53. The maximum absolute atomic E-state index is 12.9. The molecule has 11 nitrogen and oxygen atoms in total. The monoisotopic (exact) mass is 504 g/mol. The van der Waals surface area contributed by atoms with Crippen LogP contribution in [0.1, 0.15) is 5.69 Å². The van der Waals surface area contributed by atoms with E-state index < -0.39 is 29.2 Å². The van der Waals surface area contributed by atoms with Crippen molar-refractivity contribution in [3.63, 3.8) is 0 Å². The van der Waals surface area contributed by atoms with Crippen molar-refractivity contribution in [2.45, 2.75) is 18.0 Å². The molecule has 0 spiro atoms. The summed E-state index contributed by atoms with van der Waals surface area (Å²) < 4.78 is 1.83. The maximum atomic E-state index is 12.9. The molecule has 0 aliphatic carbocycles. The molecule has 0 unspecified atom stereocenters. The topological polar surface area (TPSA) is 154 Å². The first-order chi connectivity index (χ1) is 15.9. The number of carbonyl (C=O) groups is 3. The molecule has 4 rings (SSSR count). The normalized spacial score (nSPS) is 20.0. The molecule has 2 aliphatic rings. The number of carboxylic acid groups (broad SMARTS) is 1. The zero-order valence-corrected chi connectivity index (χ0v) is 19.2. The number of carboxylic acids is 1. The number of aliphatic carboxylic acids is 1. The van der Waals surface area contributed by atoms with E-state index in [-0.39, 0.29) is 28.8 Å². The number of rotatable bonds is 8. The number of nitrogen functional groups attached to an aromatic ring is 1. The van der Waals surface area contributed by atoms with Gasteiger partial charge in [0, 0.05) is 16.7 Å². The molecular formula is C19H16N6O5S3. The van der Waals surface area contributed by atoms with Crippen LogP contribution in [0.25, 0.3) is 0 Å². The van der Waals surface area contributed by atoms with Crippen molar-refractivity contribution in [2.24, 2.45) is 5.16 Å². The van der Waals surface area contributed by atoms with E-state index in [4.69, 9.17) is 17.0 Å². The molecule has 2 atom stereocenters. The van der Waals surface area contributed by atoms with Crippen LogP contribution in [-0.2, 0) is 25.8 Å². The molecule has 14 heteroatoms. The van der Waals surface area contributed by atoms with Crippen LogP contribution in [0.4, 0.5) is 5.13 Å². The van der Waals surface area contributed by atoms with E-state index in [0.29, 0.717) is 17.9 Å². The Morgan fingerprint density at radius 2 is 2.33 bits per heavy atom. The van der Waals surface area contributed by atoms with Gasteiger partial charge in [-0.2, -0.15) is 4.57 Å². The lowest BCUT2D eigenvalue weighted by Crippen LogP contribution is -2.71. The first kappa shape index (κ1) is 22.8. The average molecular weight is 505 g/mol. The molecule has 2 aromatic rings. The van der Waals surface area contributed by atoms with Crippen molar-refractivity contribution in [2.75, 3.05) is 18.1 Å². The number of carbonyl (C=O) groups excluding carboxylic acids is 3. The Morgan fingerprint density at radius 1 is 1.52 bits per heavy atom. The summed E-state index contributed by atoms with van der Waals surface area (Å²) in [4.78, 5) is 47.7. The van der Waals surface area contributed by atoms with Crippen molar-refractivity contribution >= 4 is 63.1 Å². The summed E-state index contributed by atoms with van der Waals surface area (Å²) in [6.45, 7) is 0.150. The number of thioether (sulfide) groups is 1. The highest BCUT2D eigenvalue weighted by molar-refractivity contribution is 8.00. The number of terminal acetylenes is 1. The molecule has 0 aromatic carbocycles. The third-order valence-corrected chi connectivity index (χ3v) is 7.40. The van der Waals surface area contributed by atoms with Gasteiger partial charge in [-0.05, 0) is 0 Å². The third kappa shape index (κ3) is 4.56. The number of fused-ring (bicyclic) bond motifs is 1. The lowest BCUT2D eigenvalue weighted by Gasteiger charge is -2.50. The second-order valence-electron chi connectivity index (χ2n) is 6.79. The minimum absolute atomic E-state index is 0.161. The highest BCUT2D eigenvalue weighted by atomic mass is 32.2. The Kier molecular flexibility index (Phi) is 6.63. The molecule has 1 fully saturated rings. The first-order valence-electron chi connectivity index (χ1n) is 9.35. The molecule has 3 N–H and O–H groups in total. The Hall–Kier alpha value is -3.41. The molecule has 33 heavy (non-hydrogen) atoms. The van der Waals surface area contributed by atoms with Crippen LogP contribution in [0.3, 0.4) is 0 Å². The Bertz CT molecular complexity index is 1200. The van der Waals surface area contributed by atoms with E-state index in [1.807, 2.05) is 21.7 Å². The summed E-state index contributed by atoms with van der Waals surface area (Å²) >= 11 is 3.92. The Balaban J connectivity index is 1.53. The van der Waals surface area contributed by atoms with Crippen LogP contribution < -0.4 is 20.7 Å². The van der Waals surface area contributed by atoms with Crippen molar-refractivity contribution in [3.05, 3.63) is 39.4 Å². The molecule has 0 bridgehead atoms. The number of β-lactam (4-membered cyclic amide) rings is 1. The number of nitrogens with two attached hydrogens (primary N) is 1. The molecule has 2 aromatic heterocycles. The third-order valence-electron chi connectivity index (χ3n) is 4.71. The fourth-order valence-electron chi connectivity index (χ4n) is 3.31. The zero-order chi connectivity index (χ0) is 23.5. The Labute approximate surface area is 199 Å². The quantitative estimate of drug-likeness (QED) is 0.110. The number of nitrogens with one attached hydrogen (secondary N) is 1. The van der Waals surface area contributed by atoms with Gasteiger partial charge in [-0.15, -0.1) is 29.5 Å². The molecular weight excluding hydrogens is 488 g/mol. The molecule has 2 amide bonds. The number of oxime groups is 1. The van der Waals surface area contributed by atoms with Gasteiger partial charge in [0.05, 0.1) is 17.0 Å². The lowest BCUT2D eigenvalue weighted by atomic mass is 10.0. The predicted octanol–water partition coefficient (Wildman–Crippen LogP) is -1.47. The zero-order valence-electron chi connectivity index (χ0n) is 16.8. The minimum Gasteiger partial charge on any atom is -0.543 e. The van der Waals surface area contributed by atoms with Gasteiger partial charge in [0.1, 0.15) is 17.1 Å². The lowest BCUT2D eigenvalue weighted by molar-refractivity contribution is -0.684. The van der Waals surface area contributed by atoms with E-state index in [2.05, 4.69) is 21.4 Å². The molecule has 1 saturated heterocycles. The number of hydrogen-bond acceptors (Lipinski definition) is 11. The molecule has 0 radical (unpaired) electrons. The summed E-state index contributed by atoms with van der Waals surface area (Å²) in [5.74, 6) is -0.137. The molecule has 0 saturated carbocycles. The highest BCUT2D eigenvalue weighted by Crippen LogP contribution is 2.40. The first-order valence-corrected chi connectivity index (χ1v) is 12.2. The maximum Gasteiger partial charge on any atom is 0.276 e. The smallest absolute Gasteiger partial charge is 0.276 e. The second-order valence-corrected chi connectivity index (χ2v) is 9.54.